The van der Waals surface area contributed by atoms with E-state index in [-0.39, 0.29) is 5.82 Å². The van der Waals surface area contributed by atoms with Crippen LogP contribution in [0.2, 0.25) is 0 Å². The molecule has 1 aromatic rings. The van der Waals surface area contributed by atoms with Crippen LogP contribution in [0.25, 0.3) is 0 Å². The lowest BCUT2D eigenvalue weighted by Gasteiger charge is -2.21. The van der Waals surface area contributed by atoms with Crippen LogP contribution >= 0.6 is 0 Å². The van der Waals surface area contributed by atoms with Crippen molar-refractivity contribution in [1.82, 2.24) is 0 Å². The van der Waals surface area contributed by atoms with Gasteiger partial charge in [0.25, 0.3) is 0 Å². The van der Waals surface area contributed by atoms with Gasteiger partial charge in [-0.25, -0.2) is 4.39 Å². The summed E-state index contributed by atoms with van der Waals surface area (Å²) in [6, 6.07) is 6.29. The molecule has 1 unspecified atom stereocenters. The Morgan fingerprint density at radius 3 is 2.76 bits per heavy atom. The second-order valence-corrected chi connectivity index (χ2v) is 4.81. The average Bonchev–Trinajstić information content (AvgIpc) is 2.84. The van der Waals surface area contributed by atoms with Gasteiger partial charge in [0.2, 0.25) is 0 Å². The number of hydrogen-bond acceptors (Lipinski definition) is 2. The van der Waals surface area contributed by atoms with Crippen LogP contribution in [0.15, 0.2) is 24.3 Å². The molecule has 1 fully saturated rings. The summed E-state index contributed by atoms with van der Waals surface area (Å²) in [5.41, 5.74) is 5.79. The summed E-state index contributed by atoms with van der Waals surface area (Å²) in [4.78, 5) is 0. The summed E-state index contributed by atoms with van der Waals surface area (Å²) in [7, 11) is 0. The van der Waals surface area contributed by atoms with Gasteiger partial charge in [0.1, 0.15) is 11.6 Å². The molecule has 2 N–H and O–H groups in total. The molecule has 94 valence electrons. The highest BCUT2D eigenvalue weighted by Gasteiger charge is 2.24. The minimum absolute atomic E-state index is 0.257. The Morgan fingerprint density at radius 1 is 1.35 bits per heavy atom. The lowest BCUT2D eigenvalue weighted by atomic mass is 9.92. The Labute approximate surface area is 102 Å². The Hall–Kier alpha value is -1.09. The van der Waals surface area contributed by atoms with Crippen LogP contribution in [0.5, 0.6) is 5.75 Å². The van der Waals surface area contributed by atoms with Crippen LogP contribution in [0.3, 0.4) is 0 Å². The molecule has 0 saturated heterocycles. The summed E-state index contributed by atoms with van der Waals surface area (Å²) < 4.78 is 18.6. The van der Waals surface area contributed by atoms with Crippen molar-refractivity contribution >= 4 is 0 Å². The van der Waals surface area contributed by atoms with Crippen LogP contribution in [-0.4, -0.2) is 13.2 Å². The first-order valence-electron chi connectivity index (χ1n) is 6.38. The van der Waals surface area contributed by atoms with Crippen LogP contribution in [0, 0.1) is 17.7 Å². The fourth-order valence-electron chi connectivity index (χ4n) is 2.59. The molecule has 1 atom stereocenters. The molecule has 0 aromatic heterocycles. The van der Waals surface area contributed by atoms with Crippen molar-refractivity contribution in [3.8, 4) is 5.75 Å². The molecule has 1 aliphatic carbocycles. The third kappa shape index (κ3) is 3.43. The zero-order chi connectivity index (χ0) is 12.1. The second kappa shape index (κ2) is 6.01. The molecule has 1 saturated carbocycles. The molecule has 0 aliphatic heterocycles. The molecule has 3 heteroatoms. The van der Waals surface area contributed by atoms with Crippen LogP contribution in [0.1, 0.15) is 25.7 Å². The van der Waals surface area contributed by atoms with Crippen molar-refractivity contribution in [1.29, 1.82) is 0 Å². The first-order chi connectivity index (χ1) is 8.29. The van der Waals surface area contributed by atoms with Gasteiger partial charge in [-0.2, -0.15) is 0 Å². The standard InChI is InChI=1S/C14H20FNO/c15-13-6-3-7-14(8-13)17-10-12(9-16)11-4-1-2-5-11/h3,6-8,11-12H,1-2,4-5,9-10,16H2. The molecule has 2 rings (SSSR count). The molecule has 0 amide bonds. The fraction of sp³-hybridized carbons (Fsp3) is 0.571. The first-order valence-corrected chi connectivity index (χ1v) is 6.38. The number of nitrogens with two attached hydrogens (primary N) is 1. The van der Waals surface area contributed by atoms with E-state index < -0.39 is 0 Å². The molecule has 0 spiro atoms. The maximum Gasteiger partial charge on any atom is 0.126 e. The molecule has 0 radical (unpaired) electrons. The number of hydrogen-bond donors (Lipinski definition) is 1. The van der Waals surface area contributed by atoms with Gasteiger partial charge in [-0.1, -0.05) is 31.7 Å². The highest BCUT2D eigenvalue weighted by molar-refractivity contribution is 5.22. The lowest BCUT2D eigenvalue weighted by molar-refractivity contribution is 0.199. The van der Waals surface area contributed by atoms with Gasteiger partial charge in [0.05, 0.1) is 6.61 Å². The summed E-state index contributed by atoms with van der Waals surface area (Å²) in [6.07, 6.45) is 5.13. The highest BCUT2D eigenvalue weighted by Crippen LogP contribution is 2.31. The number of rotatable bonds is 5. The maximum atomic E-state index is 13.0. The third-order valence-electron chi connectivity index (χ3n) is 3.63. The quantitative estimate of drug-likeness (QED) is 0.854. The Balaban J connectivity index is 1.87. The van der Waals surface area contributed by atoms with Crippen molar-refractivity contribution in [3.63, 3.8) is 0 Å². The molecule has 2 nitrogen and oxygen atoms in total. The Morgan fingerprint density at radius 2 is 2.12 bits per heavy atom. The van der Waals surface area contributed by atoms with Crippen molar-refractivity contribution < 1.29 is 9.13 Å². The maximum absolute atomic E-state index is 13.0. The summed E-state index contributed by atoms with van der Waals surface area (Å²) in [5.74, 6) is 1.43. The molecule has 0 heterocycles. The van der Waals surface area contributed by atoms with Crippen molar-refractivity contribution in [3.05, 3.63) is 30.1 Å². The SMILES string of the molecule is NCC(COc1cccc(F)c1)C1CCCC1. The summed E-state index contributed by atoms with van der Waals surface area (Å²) in [6.45, 7) is 1.25. The third-order valence-corrected chi connectivity index (χ3v) is 3.63. The minimum Gasteiger partial charge on any atom is -0.493 e. The Bertz CT molecular complexity index is 350. The van der Waals surface area contributed by atoms with E-state index in [1.54, 1.807) is 12.1 Å². The van der Waals surface area contributed by atoms with E-state index >= 15 is 0 Å². The normalized spacial score (nSPS) is 18.2. The topological polar surface area (TPSA) is 35.2 Å². The van der Waals surface area contributed by atoms with E-state index in [1.165, 1.54) is 37.8 Å². The van der Waals surface area contributed by atoms with Crippen LogP contribution < -0.4 is 10.5 Å². The van der Waals surface area contributed by atoms with Gasteiger partial charge in [0, 0.05) is 12.0 Å². The first kappa shape index (κ1) is 12.4. The van der Waals surface area contributed by atoms with Gasteiger partial charge < -0.3 is 10.5 Å². The summed E-state index contributed by atoms with van der Waals surface area (Å²) in [5, 5.41) is 0. The van der Waals surface area contributed by atoms with E-state index in [0.717, 1.165) is 0 Å². The van der Waals surface area contributed by atoms with E-state index in [9.17, 15) is 4.39 Å². The van der Waals surface area contributed by atoms with E-state index in [0.29, 0.717) is 30.7 Å². The second-order valence-electron chi connectivity index (χ2n) is 4.81. The predicted octanol–water partition coefficient (Wildman–Crippen LogP) is 2.97. The Kier molecular flexibility index (Phi) is 4.37. The zero-order valence-electron chi connectivity index (χ0n) is 10.1. The number of benzene rings is 1. The van der Waals surface area contributed by atoms with E-state index in [2.05, 4.69) is 0 Å². The van der Waals surface area contributed by atoms with Gasteiger partial charge in [-0.15, -0.1) is 0 Å². The molecule has 1 aromatic carbocycles. The average molecular weight is 237 g/mol. The van der Waals surface area contributed by atoms with Crippen molar-refractivity contribution in [2.24, 2.45) is 17.6 Å². The molecule has 17 heavy (non-hydrogen) atoms. The highest BCUT2D eigenvalue weighted by atomic mass is 19.1. The molecular weight excluding hydrogens is 217 g/mol. The van der Waals surface area contributed by atoms with Crippen LogP contribution in [0.4, 0.5) is 4.39 Å². The van der Waals surface area contributed by atoms with Gasteiger partial charge in [-0.05, 0) is 24.6 Å². The molecule has 0 bridgehead atoms. The van der Waals surface area contributed by atoms with Crippen LogP contribution in [-0.2, 0) is 0 Å². The molecular formula is C14H20FNO. The zero-order valence-corrected chi connectivity index (χ0v) is 10.1. The van der Waals surface area contributed by atoms with Crippen molar-refractivity contribution in [2.75, 3.05) is 13.2 Å². The fourth-order valence-corrected chi connectivity index (χ4v) is 2.59. The van der Waals surface area contributed by atoms with E-state index in [1.807, 2.05) is 0 Å². The molecule has 1 aliphatic rings. The number of ether oxygens (including phenoxy) is 1. The largest absolute Gasteiger partial charge is 0.493 e. The van der Waals surface area contributed by atoms with Gasteiger partial charge in [-0.3, -0.25) is 0 Å². The smallest absolute Gasteiger partial charge is 0.126 e. The van der Waals surface area contributed by atoms with E-state index in [4.69, 9.17) is 10.5 Å². The van der Waals surface area contributed by atoms with Gasteiger partial charge >= 0.3 is 0 Å². The minimum atomic E-state index is -0.257. The van der Waals surface area contributed by atoms with Gasteiger partial charge in [0.15, 0.2) is 0 Å². The predicted molar refractivity (Wildman–Crippen MR) is 66.4 cm³/mol. The number of halogens is 1. The summed E-state index contributed by atoms with van der Waals surface area (Å²) >= 11 is 0. The monoisotopic (exact) mass is 237 g/mol. The lowest BCUT2D eigenvalue weighted by Crippen LogP contribution is -2.27. The van der Waals surface area contributed by atoms with Crippen molar-refractivity contribution in [2.45, 2.75) is 25.7 Å².